The highest BCUT2D eigenvalue weighted by atomic mass is 32.2. The van der Waals surface area contributed by atoms with Crippen LogP contribution in [0.1, 0.15) is 16.1 Å². The zero-order valence-corrected chi connectivity index (χ0v) is 19.5. The topological polar surface area (TPSA) is 97.4 Å². The fourth-order valence-electron chi connectivity index (χ4n) is 3.04. The first-order valence-corrected chi connectivity index (χ1v) is 12.3. The molecule has 0 spiro atoms. The molecule has 0 aliphatic rings. The van der Waals surface area contributed by atoms with Gasteiger partial charge in [0.1, 0.15) is 10.8 Å². The molecule has 0 radical (unpaired) electrons. The van der Waals surface area contributed by atoms with Crippen LogP contribution in [0.15, 0.2) is 77.7 Å². The summed E-state index contributed by atoms with van der Waals surface area (Å²) in [6.07, 6.45) is 1.66. The highest BCUT2D eigenvalue weighted by Gasteiger charge is 2.20. The Labute approximate surface area is 195 Å². The number of aromatic nitrogens is 1. The number of amides is 1. The van der Waals surface area contributed by atoms with Crippen LogP contribution in [-0.4, -0.2) is 26.4 Å². The molecule has 9 heteroatoms. The SMILES string of the molecule is COc1ccc(/C=C(\C(=O)NNS(=O)(=O)c2ccc(C)cc2)c2nc3ccccc3s2)cc1. The third kappa shape index (κ3) is 5.28. The zero-order valence-electron chi connectivity index (χ0n) is 17.9. The van der Waals surface area contributed by atoms with E-state index in [0.717, 1.165) is 21.3 Å². The lowest BCUT2D eigenvalue weighted by molar-refractivity contribution is -0.116. The normalized spacial score (nSPS) is 12.0. The minimum atomic E-state index is -3.94. The van der Waals surface area contributed by atoms with Gasteiger partial charge in [0.25, 0.3) is 15.9 Å². The number of fused-ring (bicyclic) bond motifs is 1. The molecule has 3 aromatic carbocycles. The second kappa shape index (κ2) is 9.53. The fraction of sp³-hybridized carbons (Fsp3) is 0.0833. The molecule has 0 saturated carbocycles. The van der Waals surface area contributed by atoms with Crippen molar-refractivity contribution >= 4 is 49.1 Å². The van der Waals surface area contributed by atoms with Crippen molar-refractivity contribution in [1.29, 1.82) is 0 Å². The first kappa shape index (κ1) is 22.7. The Morgan fingerprint density at radius 1 is 1.00 bits per heavy atom. The highest BCUT2D eigenvalue weighted by Crippen LogP contribution is 2.29. The zero-order chi connectivity index (χ0) is 23.4. The van der Waals surface area contributed by atoms with Gasteiger partial charge in [0.05, 0.1) is 27.8 Å². The van der Waals surface area contributed by atoms with Crippen molar-refractivity contribution in [3.05, 3.63) is 88.9 Å². The first-order valence-electron chi connectivity index (χ1n) is 9.96. The number of hydrogen-bond acceptors (Lipinski definition) is 6. The molecule has 7 nitrogen and oxygen atoms in total. The van der Waals surface area contributed by atoms with Gasteiger partial charge in [0.15, 0.2) is 0 Å². The van der Waals surface area contributed by atoms with E-state index < -0.39 is 15.9 Å². The number of aryl methyl sites for hydroxylation is 1. The maximum Gasteiger partial charge on any atom is 0.269 e. The van der Waals surface area contributed by atoms with E-state index in [2.05, 4.69) is 15.2 Å². The Morgan fingerprint density at radius 2 is 1.70 bits per heavy atom. The van der Waals surface area contributed by atoms with Crippen LogP contribution in [0.3, 0.4) is 0 Å². The van der Waals surface area contributed by atoms with Crippen LogP contribution in [0.25, 0.3) is 21.9 Å². The number of para-hydroxylation sites is 1. The van der Waals surface area contributed by atoms with Crippen molar-refractivity contribution < 1.29 is 17.9 Å². The van der Waals surface area contributed by atoms with E-state index in [1.807, 2.05) is 31.2 Å². The quantitative estimate of drug-likeness (QED) is 0.306. The molecule has 2 N–H and O–H groups in total. The predicted molar refractivity (Wildman–Crippen MR) is 130 cm³/mol. The number of nitrogens with one attached hydrogen (secondary N) is 2. The molecule has 1 amide bonds. The molecule has 0 aliphatic heterocycles. The van der Waals surface area contributed by atoms with Crippen LogP contribution in [-0.2, 0) is 14.8 Å². The third-order valence-electron chi connectivity index (χ3n) is 4.83. The number of benzene rings is 3. The molecular weight excluding hydrogens is 458 g/mol. The average molecular weight is 480 g/mol. The van der Waals surface area contributed by atoms with Crippen LogP contribution in [0.2, 0.25) is 0 Å². The van der Waals surface area contributed by atoms with Gasteiger partial charge in [-0.05, 0) is 55.0 Å². The molecule has 33 heavy (non-hydrogen) atoms. The number of carbonyl (C=O) groups excluding carboxylic acids is 1. The van der Waals surface area contributed by atoms with Gasteiger partial charge < -0.3 is 4.74 Å². The molecular formula is C24H21N3O4S2. The van der Waals surface area contributed by atoms with Gasteiger partial charge >= 0.3 is 0 Å². The van der Waals surface area contributed by atoms with Crippen LogP contribution in [0.5, 0.6) is 5.75 Å². The lowest BCUT2D eigenvalue weighted by Crippen LogP contribution is -2.41. The maximum absolute atomic E-state index is 13.1. The summed E-state index contributed by atoms with van der Waals surface area (Å²) in [6, 6.07) is 21.0. The van der Waals surface area contributed by atoms with Gasteiger partial charge in [-0.2, -0.15) is 0 Å². The van der Waals surface area contributed by atoms with E-state index in [4.69, 9.17) is 4.74 Å². The summed E-state index contributed by atoms with van der Waals surface area (Å²) >= 11 is 1.35. The number of rotatable bonds is 7. The summed E-state index contributed by atoms with van der Waals surface area (Å²) in [6.45, 7) is 1.86. The van der Waals surface area contributed by atoms with Gasteiger partial charge in [-0.3, -0.25) is 10.2 Å². The minimum Gasteiger partial charge on any atom is -0.497 e. The number of methoxy groups -OCH3 is 1. The summed E-state index contributed by atoms with van der Waals surface area (Å²) in [5.74, 6) is 0.0598. The van der Waals surface area contributed by atoms with Gasteiger partial charge in [0, 0.05) is 0 Å². The van der Waals surface area contributed by atoms with E-state index in [1.165, 1.54) is 23.5 Å². The van der Waals surface area contributed by atoms with Gasteiger partial charge in [-0.15, -0.1) is 16.2 Å². The number of hydrogen-bond donors (Lipinski definition) is 2. The molecule has 0 aliphatic carbocycles. The Kier molecular flexibility index (Phi) is 6.55. The predicted octanol–water partition coefficient (Wildman–Crippen LogP) is 4.16. The van der Waals surface area contributed by atoms with Gasteiger partial charge in [0.2, 0.25) is 0 Å². The smallest absolute Gasteiger partial charge is 0.269 e. The van der Waals surface area contributed by atoms with Crippen molar-refractivity contribution in [2.24, 2.45) is 0 Å². The van der Waals surface area contributed by atoms with Crippen molar-refractivity contribution in [3.8, 4) is 5.75 Å². The molecule has 0 bridgehead atoms. The van der Waals surface area contributed by atoms with Gasteiger partial charge in [-0.1, -0.05) is 42.0 Å². The molecule has 0 saturated heterocycles. The largest absolute Gasteiger partial charge is 0.497 e. The number of nitrogens with zero attached hydrogens (tertiary/aromatic N) is 1. The Balaban J connectivity index is 1.65. The van der Waals surface area contributed by atoms with E-state index >= 15 is 0 Å². The third-order valence-corrected chi connectivity index (χ3v) is 7.16. The molecule has 0 atom stereocenters. The van der Waals surface area contributed by atoms with Crippen molar-refractivity contribution in [3.63, 3.8) is 0 Å². The molecule has 0 fully saturated rings. The average Bonchev–Trinajstić information content (AvgIpc) is 3.25. The number of carbonyl (C=O) groups is 1. The second-order valence-corrected chi connectivity index (χ2v) is 9.90. The summed E-state index contributed by atoms with van der Waals surface area (Å²) in [5.41, 5.74) is 4.97. The van der Waals surface area contributed by atoms with E-state index in [0.29, 0.717) is 10.8 Å². The van der Waals surface area contributed by atoms with Crippen LogP contribution in [0, 0.1) is 6.92 Å². The summed E-state index contributed by atoms with van der Waals surface area (Å²) in [4.78, 5) is 19.9. The lowest BCUT2D eigenvalue weighted by Gasteiger charge is -2.10. The van der Waals surface area contributed by atoms with Crippen molar-refractivity contribution in [2.45, 2.75) is 11.8 Å². The standard InChI is InChI=1S/C24H21N3O4S2/c1-16-7-13-19(14-8-16)33(29,30)27-26-23(28)20(15-17-9-11-18(31-2)12-10-17)24-25-21-5-3-4-6-22(21)32-24/h3-15,27H,1-2H3,(H,26,28)/b20-15+. The molecule has 4 aromatic rings. The molecule has 1 aromatic heterocycles. The number of hydrazine groups is 1. The summed E-state index contributed by atoms with van der Waals surface area (Å²) in [5, 5.41) is 0.471. The monoisotopic (exact) mass is 479 g/mol. The summed E-state index contributed by atoms with van der Waals surface area (Å²) < 4.78 is 31.3. The fourth-order valence-corrected chi connectivity index (χ4v) is 4.85. The van der Waals surface area contributed by atoms with Crippen LogP contribution < -0.4 is 15.0 Å². The molecule has 0 unspecified atom stereocenters. The Morgan fingerprint density at radius 3 is 2.36 bits per heavy atom. The number of ether oxygens (including phenoxy) is 1. The second-order valence-electron chi connectivity index (χ2n) is 7.19. The molecule has 1 heterocycles. The maximum atomic E-state index is 13.1. The number of thiazole rings is 1. The first-order chi connectivity index (χ1) is 15.9. The Bertz CT molecular complexity index is 1390. The van der Waals surface area contributed by atoms with Gasteiger partial charge in [-0.25, -0.2) is 13.4 Å². The van der Waals surface area contributed by atoms with E-state index in [1.54, 1.807) is 49.6 Å². The molecule has 168 valence electrons. The van der Waals surface area contributed by atoms with E-state index in [-0.39, 0.29) is 10.5 Å². The van der Waals surface area contributed by atoms with E-state index in [9.17, 15) is 13.2 Å². The highest BCUT2D eigenvalue weighted by molar-refractivity contribution is 7.89. The van der Waals surface area contributed by atoms with Crippen LogP contribution in [0.4, 0.5) is 0 Å². The Hall–Kier alpha value is -3.53. The lowest BCUT2D eigenvalue weighted by atomic mass is 10.1. The molecule has 4 rings (SSSR count). The number of sulfonamides is 1. The van der Waals surface area contributed by atoms with Crippen molar-refractivity contribution in [2.75, 3.05) is 7.11 Å². The van der Waals surface area contributed by atoms with Crippen LogP contribution >= 0.6 is 11.3 Å². The summed E-state index contributed by atoms with van der Waals surface area (Å²) in [7, 11) is -2.36. The minimum absolute atomic E-state index is 0.0501. The van der Waals surface area contributed by atoms with Crippen molar-refractivity contribution in [1.82, 2.24) is 15.2 Å².